The largest absolute Gasteiger partial charge is 0.329 e. The molecule has 18 heavy (non-hydrogen) atoms. The molecule has 2 heterocycles. The van der Waals surface area contributed by atoms with Gasteiger partial charge in [-0.25, -0.2) is 4.98 Å². The van der Waals surface area contributed by atoms with Gasteiger partial charge in [-0.05, 0) is 49.9 Å². The van der Waals surface area contributed by atoms with Gasteiger partial charge in [0, 0.05) is 17.5 Å². The number of nitrogens with zero attached hydrogens (tertiary/aromatic N) is 2. The minimum Gasteiger partial charge on any atom is -0.329 e. The van der Waals surface area contributed by atoms with Crippen LogP contribution in [0.1, 0.15) is 24.8 Å². The smallest absolute Gasteiger partial charge is 0.179 e. The molecule has 1 fully saturated rings. The number of hydrogen-bond acceptors (Lipinski definition) is 3. The van der Waals surface area contributed by atoms with E-state index in [9.17, 15) is 0 Å². The van der Waals surface area contributed by atoms with Crippen molar-refractivity contribution in [2.24, 2.45) is 0 Å². The van der Waals surface area contributed by atoms with Crippen LogP contribution in [0.25, 0.3) is 11.2 Å². The lowest BCUT2D eigenvalue weighted by molar-refractivity contribution is 0.323. The molecule has 2 aromatic heterocycles. The van der Waals surface area contributed by atoms with Crippen LogP contribution in [-0.4, -0.2) is 25.5 Å². The molecule has 0 spiro atoms. The Morgan fingerprint density at radius 1 is 1.56 bits per heavy atom. The molecule has 0 unspecified atom stereocenters. The van der Waals surface area contributed by atoms with E-state index >= 15 is 0 Å². The van der Waals surface area contributed by atoms with Crippen molar-refractivity contribution < 1.29 is 0 Å². The number of H-pyrrole nitrogens is 1. The third-order valence-corrected chi connectivity index (χ3v) is 5.74. The van der Waals surface area contributed by atoms with Crippen LogP contribution < -0.4 is 0 Å². The van der Waals surface area contributed by atoms with Crippen LogP contribution in [0.2, 0.25) is 0 Å². The summed E-state index contributed by atoms with van der Waals surface area (Å²) in [6.45, 7) is 3.07. The Bertz CT molecular complexity index is 632. The number of nitrogens with one attached hydrogen (secondary N) is 1. The SMILES string of the molecule is CSC1(Cn2c(=S)[nH]c3c(C)ccnc32)CCC1. The van der Waals surface area contributed by atoms with E-state index in [2.05, 4.69) is 27.7 Å². The lowest BCUT2D eigenvalue weighted by Crippen LogP contribution is -2.37. The maximum absolute atomic E-state index is 5.46. The van der Waals surface area contributed by atoms with Crippen molar-refractivity contribution >= 4 is 35.1 Å². The van der Waals surface area contributed by atoms with Crippen molar-refractivity contribution in [1.82, 2.24) is 14.5 Å². The summed E-state index contributed by atoms with van der Waals surface area (Å²) in [6.07, 6.45) is 7.98. The second kappa shape index (κ2) is 4.38. The summed E-state index contributed by atoms with van der Waals surface area (Å²) >= 11 is 7.43. The van der Waals surface area contributed by atoms with E-state index in [4.69, 9.17) is 12.2 Å². The molecular formula is C13H17N3S2. The third kappa shape index (κ3) is 1.80. The summed E-state index contributed by atoms with van der Waals surface area (Å²) < 4.78 is 3.35. The van der Waals surface area contributed by atoms with Gasteiger partial charge in [-0.3, -0.25) is 0 Å². The van der Waals surface area contributed by atoms with Gasteiger partial charge in [-0.1, -0.05) is 6.42 Å². The molecule has 3 rings (SSSR count). The summed E-state index contributed by atoms with van der Waals surface area (Å²) in [5.74, 6) is 0. The van der Waals surface area contributed by atoms with Crippen LogP contribution in [0.4, 0.5) is 0 Å². The summed E-state index contributed by atoms with van der Waals surface area (Å²) in [7, 11) is 0. The Labute approximate surface area is 116 Å². The standard InChI is InChI=1S/C13H17N3S2/c1-9-4-7-14-11-10(9)15-12(17)16(11)8-13(18-2)5-3-6-13/h4,7H,3,5-6,8H2,1-2H3,(H,15,17). The number of pyridine rings is 1. The maximum atomic E-state index is 5.46. The molecule has 0 saturated heterocycles. The summed E-state index contributed by atoms with van der Waals surface area (Å²) in [6, 6.07) is 2.02. The molecule has 0 aliphatic heterocycles. The Hall–Kier alpha value is -0.810. The maximum Gasteiger partial charge on any atom is 0.179 e. The van der Waals surface area contributed by atoms with Crippen molar-refractivity contribution in [3.8, 4) is 0 Å². The second-order valence-corrected chi connectivity index (χ2v) is 6.74. The molecule has 2 aromatic rings. The van der Waals surface area contributed by atoms with Crippen molar-refractivity contribution in [2.75, 3.05) is 6.26 Å². The van der Waals surface area contributed by atoms with Gasteiger partial charge in [-0.15, -0.1) is 0 Å². The van der Waals surface area contributed by atoms with Gasteiger partial charge in [0.1, 0.15) is 0 Å². The minimum atomic E-state index is 0.374. The number of fused-ring (bicyclic) bond motifs is 1. The zero-order valence-electron chi connectivity index (χ0n) is 10.7. The van der Waals surface area contributed by atoms with Crippen molar-refractivity contribution in [2.45, 2.75) is 37.5 Å². The topological polar surface area (TPSA) is 33.6 Å². The van der Waals surface area contributed by atoms with Crippen molar-refractivity contribution in [3.05, 3.63) is 22.6 Å². The number of aryl methyl sites for hydroxylation is 1. The fourth-order valence-electron chi connectivity index (χ4n) is 2.61. The summed E-state index contributed by atoms with van der Waals surface area (Å²) in [4.78, 5) is 7.79. The first kappa shape index (κ1) is 12.2. The molecule has 0 atom stereocenters. The predicted molar refractivity (Wildman–Crippen MR) is 79.8 cm³/mol. The molecule has 96 valence electrons. The summed E-state index contributed by atoms with van der Waals surface area (Å²) in [5.41, 5.74) is 3.29. The van der Waals surface area contributed by atoms with E-state index in [0.29, 0.717) is 4.75 Å². The Kier molecular flexibility index (Phi) is 2.98. The number of aromatic nitrogens is 3. The lowest BCUT2D eigenvalue weighted by Gasteiger charge is -2.40. The van der Waals surface area contributed by atoms with E-state index in [1.807, 2.05) is 24.0 Å². The molecule has 5 heteroatoms. The number of rotatable bonds is 3. The van der Waals surface area contributed by atoms with Crippen LogP contribution >= 0.6 is 24.0 Å². The highest BCUT2D eigenvalue weighted by molar-refractivity contribution is 8.00. The fraction of sp³-hybridized carbons (Fsp3) is 0.538. The minimum absolute atomic E-state index is 0.374. The van der Waals surface area contributed by atoms with Gasteiger partial charge < -0.3 is 9.55 Å². The third-order valence-electron chi connectivity index (χ3n) is 4.02. The fourth-order valence-corrected chi connectivity index (χ4v) is 3.81. The number of imidazole rings is 1. The van der Waals surface area contributed by atoms with E-state index in [1.165, 1.54) is 24.8 Å². The Morgan fingerprint density at radius 2 is 2.33 bits per heavy atom. The van der Waals surface area contributed by atoms with Crippen LogP contribution in [0.3, 0.4) is 0 Å². The van der Waals surface area contributed by atoms with E-state index in [0.717, 1.165) is 22.5 Å². The lowest BCUT2D eigenvalue weighted by atomic mass is 9.84. The molecule has 1 aliphatic rings. The molecule has 0 aromatic carbocycles. The van der Waals surface area contributed by atoms with Gasteiger partial charge >= 0.3 is 0 Å². The van der Waals surface area contributed by atoms with Gasteiger partial charge in [0.15, 0.2) is 10.4 Å². The second-order valence-electron chi connectivity index (χ2n) is 5.08. The number of thioether (sulfide) groups is 1. The first-order valence-electron chi connectivity index (χ1n) is 6.24. The van der Waals surface area contributed by atoms with E-state index in [-0.39, 0.29) is 0 Å². The monoisotopic (exact) mass is 279 g/mol. The first-order valence-corrected chi connectivity index (χ1v) is 7.88. The number of aromatic amines is 1. The normalized spacial score (nSPS) is 17.9. The molecule has 1 aliphatic carbocycles. The van der Waals surface area contributed by atoms with E-state index < -0.39 is 0 Å². The summed E-state index contributed by atoms with van der Waals surface area (Å²) in [5, 5.41) is 0. The van der Waals surface area contributed by atoms with E-state index in [1.54, 1.807) is 0 Å². The molecule has 0 radical (unpaired) electrons. The zero-order chi connectivity index (χ0) is 12.8. The first-order chi connectivity index (χ1) is 8.65. The zero-order valence-corrected chi connectivity index (χ0v) is 12.3. The molecule has 3 nitrogen and oxygen atoms in total. The quantitative estimate of drug-likeness (QED) is 0.870. The highest BCUT2D eigenvalue weighted by Gasteiger charge is 2.37. The predicted octanol–water partition coefficient (Wildman–Crippen LogP) is 3.69. The van der Waals surface area contributed by atoms with Crippen LogP contribution in [0.5, 0.6) is 0 Å². The molecular weight excluding hydrogens is 262 g/mol. The average Bonchev–Trinajstić information content (AvgIpc) is 2.62. The van der Waals surface area contributed by atoms with Gasteiger partial charge in [0.25, 0.3) is 0 Å². The van der Waals surface area contributed by atoms with Gasteiger partial charge in [0.2, 0.25) is 0 Å². The van der Waals surface area contributed by atoms with Crippen molar-refractivity contribution in [1.29, 1.82) is 0 Å². The highest BCUT2D eigenvalue weighted by atomic mass is 32.2. The molecule has 1 saturated carbocycles. The molecule has 0 bridgehead atoms. The van der Waals surface area contributed by atoms with Gasteiger partial charge in [-0.2, -0.15) is 11.8 Å². The van der Waals surface area contributed by atoms with Gasteiger partial charge in [0.05, 0.1) is 5.52 Å². The molecule has 1 N–H and O–H groups in total. The Balaban J connectivity index is 2.09. The van der Waals surface area contributed by atoms with Crippen LogP contribution in [0, 0.1) is 11.7 Å². The molecule has 0 amide bonds. The number of hydrogen-bond donors (Lipinski definition) is 1. The Morgan fingerprint density at radius 3 is 2.94 bits per heavy atom. The van der Waals surface area contributed by atoms with Crippen LogP contribution in [0.15, 0.2) is 12.3 Å². The highest BCUT2D eigenvalue weighted by Crippen LogP contribution is 2.44. The average molecular weight is 279 g/mol. The van der Waals surface area contributed by atoms with Crippen LogP contribution in [-0.2, 0) is 6.54 Å². The van der Waals surface area contributed by atoms with Crippen molar-refractivity contribution in [3.63, 3.8) is 0 Å².